The van der Waals surface area contributed by atoms with Crippen molar-refractivity contribution in [3.8, 4) is 17.6 Å². The van der Waals surface area contributed by atoms with Gasteiger partial charge in [-0.1, -0.05) is 6.07 Å². The summed E-state index contributed by atoms with van der Waals surface area (Å²) in [6.07, 6.45) is 2.25. The summed E-state index contributed by atoms with van der Waals surface area (Å²) in [5, 5.41) is 11.6. The zero-order valence-corrected chi connectivity index (χ0v) is 13.3. The van der Waals surface area contributed by atoms with Crippen molar-refractivity contribution in [2.24, 2.45) is 5.92 Å². The Balaban J connectivity index is 1.57. The van der Waals surface area contributed by atoms with Crippen molar-refractivity contribution in [3.63, 3.8) is 0 Å². The number of pyridine rings is 1. The van der Waals surface area contributed by atoms with Gasteiger partial charge in [-0.15, -0.1) is 0 Å². The van der Waals surface area contributed by atoms with Crippen molar-refractivity contribution >= 4 is 5.91 Å². The molecule has 2 heterocycles. The van der Waals surface area contributed by atoms with Gasteiger partial charge < -0.3 is 14.8 Å². The van der Waals surface area contributed by atoms with Gasteiger partial charge in [-0.05, 0) is 30.2 Å². The predicted molar refractivity (Wildman–Crippen MR) is 87.0 cm³/mol. The van der Waals surface area contributed by atoms with Crippen LogP contribution in [0.2, 0.25) is 0 Å². The molecule has 0 spiro atoms. The molecule has 0 radical (unpaired) electrons. The summed E-state index contributed by atoms with van der Waals surface area (Å²) >= 11 is 0. The topological polar surface area (TPSA) is 84.2 Å². The molecule has 1 aromatic heterocycles. The lowest BCUT2D eigenvalue weighted by molar-refractivity contribution is 0.0938. The Bertz CT molecular complexity index is 781. The molecule has 3 rings (SSSR count). The molecule has 1 amide bonds. The third-order valence-corrected chi connectivity index (χ3v) is 3.95. The number of rotatable bonds is 4. The number of nitriles is 1. The van der Waals surface area contributed by atoms with Crippen LogP contribution in [0.3, 0.4) is 0 Å². The number of ether oxygens (including phenoxy) is 2. The Morgan fingerprint density at radius 1 is 1.46 bits per heavy atom. The molecule has 1 aliphatic rings. The zero-order chi connectivity index (χ0) is 16.9. The van der Waals surface area contributed by atoms with E-state index in [1.165, 1.54) is 12.3 Å². The largest absolute Gasteiger partial charge is 0.497 e. The molecule has 1 atom stereocenters. The second kappa shape index (κ2) is 7.01. The molecule has 0 aliphatic carbocycles. The minimum atomic E-state index is -0.201. The van der Waals surface area contributed by atoms with Crippen LogP contribution in [0.5, 0.6) is 11.5 Å². The summed E-state index contributed by atoms with van der Waals surface area (Å²) in [5.41, 5.74) is 1.84. The van der Waals surface area contributed by atoms with E-state index < -0.39 is 0 Å². The van der Waals surface area contributed by atoms with Gasteiger partial charge in [0.2, 0.25) is 0 Å². The lowest BCUT2D eigenvalue weighted by atomic mass is 9.96. The number of benzene rings is 1. The van der Waals surface area contributed by atoms with E-state index in [1.807, 2.05) is 24.3 Å². The molecule has 2 aromatic rings. The number of hydrogen-bond acceptors (Lipinski definition) is 5. The molecule has 0 bridgehead atoms. The van der Waals surface area contributed by atoms with Gasteiger partial charge in [-0.3, -0.25) is 4.79 Å². The van der Waals surface area contributed by atoms with E-state index in [-0.39, 0.29) is 11.8 Å². The summed E-state index contributed by atoms with van der Waals surface area (Å²) in [7, 11) is 1.63. The third kappa shape index (κ3) is 3.46. The number of nitrogens with one attached hydrogen (secondary N) is 1. The average Bonchev–Trinajstić information content (AvgIpc) is 2.65. The predicted octanol–water partition coefficient (Wildman–Crippen LogP) is 1.94. The van der Waals surface area contributed by atoms with Gasteiger partial charge in [-0.2, -0.15) is 5.26 Å². The SMILES string of the molecule is COc1ccc2c(c1)OC[C@@H](CNC(=O)c1ccc(C#N)nc1)C2. The van der Waals surface area contributed by atoms with E-state index in [9.17, 15) is 4.79 Å². The maximum atomic E-state index is 12.1. The van der Waals surface area contributed by atoms with E-state index in [0.717, 1.165) is 23.5 Å². The second-order valence-electron chi connectivity index (χ2n) is 5.61. The number of nitrogens with zero attached hydrogens (tertiary/aromatic N) is 2. The lowest BCUT2D eigenvalue weighted by Gasteiger charge is -2.25. The monoisotopic (exact) mass is 323 g/mol. The Kier molecular flexibility index (Phi) is 4.62. The average molecular weight is 323 g/mol. The summed E-state index contributed by atoms with van der Waals surface area (Å²) in [5.74, 6) is 1.62. The van der Waals surface area contributed by atoms with Crippen molar-refractivity contribution in [1.29, 1.82) is 5.26 Å². The summed E-state index contributed by atoms with van der Waals surface area (Å²) in [6, 6.07) is 10.8. The molecular weight excluding hydrogens is 306 g/mol. The van der Waals surface area contributed by atoms with Crippen molar-refractivity contribution in [1.82, 2.24) is 10.3 Å². The highest BCUT2D eigenvalue weighted by molar-refractivity contribution is 5.93. The molecule has 6 nitrogen and oxygen atoms in total. The van der Waals surface area contributed by atoms with Crippen LogP contribution in [0, 0.1) is 17.2 Å². The number of hydrogen-bond donors (Lipinski definition) is 1. The van der Waals surface area contributed by atoms with Crippen LogP contribution >= 0.6 is 0 Å². The van der Waals surface area contributed by atoms with Crippen LogP contribution in [-0.4, -0.2) is 31.2 Å². The van der Waals surface area contributed by atoms with Crippen molar-refractivity contribution in [2.45, 2.75) is 6.42 Å². The van der Waals surface area contributed by atoms with Crippen LogP contribution in [0.25, 0.3) is 0 Å². The van der Waals surface area contributed by atoms with Crippen molar-refractivity contribution < 1.29 is 14.3 Å². The highest BCUT2D eigenvalue weighted by atomic mass is 16.5. The Morgan fingerprint density at radius 2 is 2.33 bits per heavy atom. The molecule has 1 aromatic carbocycles. The van der Waals surface area contributed by atoms with Crippen LogP contribution in [0.1, 0.15) is 21.6 Å². The molecular formula is C18H17N3O3. The molecule has 1 N–H and O–H groups in total. The van der Waals surface area contributed by atoms with Gasteiger partial charge >= 0.3 is 0 Å². The number of carbonyl (C=O) groups is 1. The Hall–Kier alpha value is -3.07. The van der Waals surface area contributed by atoms with Crippen LogP contribution in [-0.2, 0) is 6.42 Å². The number of methoxy groups -OCH3 is 1. The third-order valence-electron chi connectivity index (χ3n) is 3.95. The van der Waals surface area contributed by atoms with E-state index in [0.29, 0.717) is 24.4 Å². The van der Waals surface area contributed by atoms with Crippen LogP contribution in [0.15, 0.2) is 36.5 Å². The van der Waals surface area contributed by atoms with Gasteiger partial charge in [0.1, 0.15) is 23.3 Å². The molecule has 0 saturated carbocycles. The second-order valence-corrected chi connectivity index (χ2v) is 5.61. The quantitative estimate of drug-likeness (QED) is 0.929. The fourth-order valence-corrected chi connectivity index (χ4v) is 2.61. The highest BCUT2D eigenvalue weighted by Gasteiger charge is 2.21. The molecule has 0 unspecified atom stereocenters. The van der Waals surface area contributed by atoms with E-state index in [4.69, 9.17) is 14.7 Å². The highest BCUT2D eigenvalue weighted by Crippen LogP contribution is 2.30. The van der Waals surface area contributed by atoms with E-state index in [1.54, 1.807) is 13.2 Å². The smallest absolute Gasteiger partial charge is 0.252 e. The molecule has 6 heteroatoms. The van der Waals surface area contributed by atoms with Gasteiger partial charge in [0.15, 0.2) is 0 Å². The fourth-order valence-electron chi connectivity index (χ4n) is 2.61. The van der Waals surface area contributed by atoms with Crippen LogP contribution < -0.4 is 14.8 Å². The first kappa shape index (κ1) is 15.8. The summed E-state index contributed by atoms with van der Waals surface area (Å²) < 4.78 is 11.0. The number of aromatic nitrogens is 1. The first-order chi connectivity index (χ1) is 11.7. The maximum absolute atomic E-state index is 12.1. The van der Waals surface area contributed by atoms with Crippen LogP contribution in [0.4, 0.5) is 0 Å². The summed E-state index contributed by atoms with van der Waals surface area (Å²) in [6.45, 7) is 1.07. The molecule has 122 valence electrons. The van der Waals surface area contributed by atoms with Gasteiger partial charge in [0.25, 0.3) is 5.91 Å². The number of fused-ring (bicyclic) bond motifs is 1. The zero-order valence-electron chi connectivity index (χ0n) is 13.3. The Labute approximate surface area is 140 Å². The van der Waals surface area contributed by atoms with E-state index >= 15 is 0 Å². The molecule has 0 saturated heterocycles. The molecule has 0 fully saturated rings. The maximum Gasteiger partial charge on any atom is 0.252 e. The molecule has 24 heavy (non-hydrogen) atoms. The normalized spacial score (nSPS) is 15.6. The fraction of sp³-hybridized carbons (Fsp3) is 0.278. The van der Waals surface area contributed by atoms with Gasteiger partial charge in [-0.25, -0.2) is 4.98 Å². The minimum Gasteiger partial charge on any atom is -0.497 e. The summed E-state index contributed by atoms with van der Waals surface area (Å²) in [4.78, 5) is 16.0. The number of amides is 1. The van der Waals surface area contributed by atoms with Gasteiger partial charge in [0.05, 0.1) is 19.3 Å². The first-order valence-corrected chi connectivity index (χ1v) is 7.63. The van der Waals surface area contributed by atoms with Gasteiger partial charge in [0, 0.05) is 24.7 Å². The standard InChI is InChI=1S/C18H17N3O3/c1-23-16-5-3-13-6-12(11-24-17(13)7-16)9-21-18(22)14-2-4-15(8-19)20-10-14/h2-5,7,10,12H,6,9,11H2,1H3,(H,21,22)/t12-/m1/s1. The van der Waals surface area contributed by atoms with Crippen molar-refractivity contribution in [3.05, 3.63) is 53.3 Å². The Morgan fingerprint density at radius 3 is 3.04 bits per heavy atom. The van der Waals surface area contributed by atoms with E-state index in [2.05, 4.69) is 10.3 Å². The minimum absolute atomic E-state index is 0.201. The number of carbonyl (C=O) groups excluding carboxylic acids is 1. The van der Waals surface area contributed by atoms with Crippen molar-refractivity contribution in [2.75, 3.05) is 20.3 Å². The first-order valence-electron chi connectivity index (χ1n) is 7.63. The lowest BCUT2D eigenvalue weighted by Crippen LogP contribution is -2.34. The molecule has 1 aliphatic heterocycles.